The van der Waals surface area contributed by atoms with Gasteiger partial charge in [0.1, 0.15) is 0 Å². The molecule has 2 rings (SSSR count). The highest BCUT2D eigenvalue weighted by molar-refractivity contribution is 8.00. The van der Waals surface area contributed by atoms with Crippen molar-refractivity contribution in [3.63, 3.8) is 0 Å². The lowest BCUT2D eigenvalue weighted by atomic mass is 9.91. The number of thioether (sulfide) groups is 1. The van der Waals surface area contributed by atoms with Crippen LogP contribution < -0.4 is 10.0 Å². The van der Waals surface area contributed by atoms with Crippen molar-refractivity contribution in [3.8, 4) is 0 Å². The second kappa shape index (κ2) is 8.37. The van der Waals surface area contributed by atoms with Crippen LogP contribution in [0.1, 0.15) is 25.7 Å². The first-order chi connectivity index (χ1) is 10.8. The van der Waals surface area contributed by atoms with Crippen molar-refractivity contribution in [2.24, 2.45) is 0 Å². The van der Waals surface area contributed by atoms with Gasteiger partial charge in [0.05, 0.1) is 17.0 Å². The quantitative estimate of drug-likeness (QED) is 0.747. The predicted molar refractivity (Wildman–Crippen MR) is 94.3 cm³/mol. The Labute approximate surface area is 146 Å². The lowest BCUT2D eigenvalue weighted by Crippen LogP contribution is -2.53. The molecule has 1 aliphatic rings. The molecule has 1 amide bonds. The van der Waals surface area contributed by atoms with Gasteiger partial charge in [-0.3, -0.25) is 4.79 Å². The fourth-order valence-electron chi connectivity index (χ4n) is 2.67. The maximum atomic E-state index is 12.2. The molecule has 0 saturated heterocycles. The number of sulfonamides is 1. The Morgan fingerprint density at radius 1 is 1.26 bits per heavy atom. The number of carbonyl (C=O) groups is 1. The van der Waals surface area contributed by atoms with E-state index in [9.17, 15) is 13.2 Å². The van der Waals surface area contributed by atoms with Crippen LogP contribution in [0, 0.1) is 0 Å². The minimum absolute atomic E-state index is 0.109. The van der Waals surface area contributed by atoms with Crippen LogP contribution in [0.15, 0.2) is 29.2 Å². The largest absolute Gasteiger partial charge is 0.351 e. The zero-order valence-corrected chi connectivity index (χ0v) is 15.3. The standard InChI is InChI=1S/C15H21ClN2O3S2/c1-23(20,21)18-13-8-4-3-7-12(13)17-15(19)10-22-14-9-5-2-6-11(14)16/h2,5-6,9,12-13,18H,3-4,7-8,10H2,1H3,(H,17,19)/t12-,13+/m0/s1. The van der Waals surface area contributed by atoms with E-state index >= 15 is 0 Å². The van der Waals surface area contributed by atoms with Crippen molar-refractivity contribution in [1.82, 2.24) is 10.0 Å². The van der Waals surface area contributed by atoms with Crippen molar-refractivity contribution in [2.45, 2.75) is 42.7 Å². The van der Waals surface area contributed by atoms with Crippen molar-refractivity contribution in [1.29, 1.82) is 0 Å². The van der Waals surface area contributed by atoms with E-state index in [1.165, 1.54) is 11.8 Å². The van der Waals surface area contributed by atoms with Crippen molar-refractivity contribution in [3.05, 3.63) is 29.3 Å². The molecule has 0 radical (unpaired) electrons. The van der Waals surface area contributed by atoms with Crippen LogP contribution in [-0.2, 0) is 14.8 Å². The average Bonchev–Trinajstić information content (AvgIpc) is 2.47. The van der Waals surface area contributed by atoms with E-state index in [1.54, 1.807) is 6.07 Å². The first kappa shape index (κ1) is 18.6. The van der Waals surface area contributed by atoms with E-state index in [2.05, 4.69) is 10.0 Å². The molecule has 2 N–H and O–H groups in total. The van der Waals surface area contributed by atoms with E-state index < -0.39 is 10.0 Å². The summed E-state index contributed by atoms with van der Waals surface area (Å²) >= 11 is 7.44. The number of hydrogen-bond acceptors (Lipinski definition) is 4. The molecule has 0 aliphatic heterocycles. The minimum atomic E-state index is -3.28. The monoisotopic (exact) mass is 376 g/mol. The summed E-state index contributed by atoms with van der Waals surface area (Å²) in [5, 5.41) is 3.58. The van der Waals surface area contributed by atoms with E-state index in [4.69, 9.17) is 11.6 Å². The molecule has 1 aromatic carbocycles. The second-order valence-corrected chi connectivity index (χ2v) is 8.88. The maximum Gasteiger partial charge on any atom is 0.230 e. The van der Waals surface area contributed by atoms with Crippen LogP contribution in [-0.4, -0.2) is 38.4 Å². The molecule has 1 aliphatic carbocycles. The molecule has 2 atom stereocenters. The third-order valence-corrected chi connectivity index (χ3v) is 5.92. The predicted octanol–water partition coefficient (Wildman–Crippen LogP) is 2.41. The van der Waals surface area contributed by atoms with Gasteiger partial charge in [-0.05, 0) is 25.0 Å². The molecular formula is C15H21ClN2O3S2. The summed E-state index contributed by atoms with van der Waals surface area (Å²) in [6.07, 6.45) is 4.64. The van der Waals surface area contributed by atoms with Gasteiger partial charge in [0.15, 0.2) is 0 Å². The molecule has 0 heterocycles. The second-order valence-electron chi connectivity index (χ2n) is 5.67. The molecule has 23 heavy (non-hydrogen) atoms. The molecular weight excluding hydrogens is 356 g/mol. The van der Waals surface area contributed by atoms with Crippen LogP contribution in [0.2, 0.25) is 5.02 Å². The number of amides is 1. The summed E-state index contributed by atoms with van der Waals surface area (Å²) in [5.41, 5.74) is 0. The molecule has 0 unspecified atom stereocenters. The van der Waals surface area contributed by atoms with Crippen LogP contribution >= 0.6 is 23.4 Å². The summed E-state index contributed by atoms with van der Waals surface area (Å²) in [5.74, 6) is 0.147. The van der Waals surface area contributed by atoms with Gasteiger partial charge >= 0.3 is 0 Å². The van der Waals surface area contributed by atoms with Crippen molar-refractivity contribution in [2.75, 3.05) is 12.0 Å². The lowest BCUT2D eigenvalue weighted by Gasteiger charge is -2.32. The van der Waals surface area contributed by atoms with Crippen molar-refractivity contribution >= 4 is 39.3 Å². The Morgan fingerprint density at radius 2 is 1.91 bits per heavy atom. The molecule has 1 aromatic rings. The summed E-state index contributed by atoms with van der Waals surface area (Å²) in [4.78, 5) is 13.0. The Bertz CT molecular complexity index is 652. The van der Waals surface area contributed by atoms with Crippen LogP contribution in [0.4, 0.5) is 0 Å². The van der Waals surface area contributed by atoms with Crippen molar-refractivity contribution < 1.29 is 13.2 Å². The number of halogens is 1. The van der Waals surface area contributed by atoms with Gasteiger partial charge in [-0.25, -0.2) is 13.1 Å². The highest BCUT2D eigenvalue weighted by Gasteiger charge is 2.28. The lowest BCUT2D eigenvalue weighted by molar-refractivity contribution is -0.119. The minimum Gasteiger partial charge on any atom is -0.351 e. The third kappa shape index (κ3) is 6.33. The van der Waals surface area contributed by atoms with Gasteiger partial charge < -0.3 is 5.32 Å². The SMILES string of the molecule is CS(=O)(=O)N[C@@H]1CCCC[C@@H]1NC(=O)CSc1ccccc1Cl. The average molecular weight is 377 g/mol. The van der Waals surface area contributed by atoms with E-state index in [0.717, 1.165) is 36.8 Å². The molecule has 1 fully saturated rings. The molecule has 0 aromatic heterocycles. The fourth-order valence-corrected chi connectivity index (χ4v) is 4.56. The zero-order valence-electron chi connectivity index (χ0n) is 12.9. The number of rotatable bonds is 6. The first-order valence-corrected chi connectivity index (χ1v) is 10.7. The Hall–Kier alpha value is -0.760. The number of hydrogen-bond donors (Lipinski definition) is 2. The Kier molecular flexibility index (Phi) is 6.76. The first-order valence-electron chi connectivity index (χ1n) is 7.49. The van der Waals surface area contributed by atoms with Crippen LogP contribution in [0.25, 0.3) is 0 Å². The van der Waals surface area contributed by atoms with Crippen LogP contribution in [0.3, 0.4) is 0 Å². The number of carbonyl (C=O) groups excluding carboxylic acids is 1. The molecule has 0 spiro atoms. The Morgan fingerprint density at radius 3 is 2.57 bits per heavy atom. The summed E-state index contributed by atoms with van der Waals surface area (Å²) in [6, 6.07) is 6.99. The number of benzene rings is 1. The van der Waals surface area contributed by atoms with Gasteiger partial charge in [0, 0.05) is 17.0 Å². The highest BCUT2D eigenvalue weighted by atomic mass is 35.5. The molecule has 0 bridgehead atoms. The van der Waals surface area contributed by atoms with Gasteiger partial charge in [0.25, 0.3) is 0 Å². The normalized spacial score (nSPS) is 21.8. The van der Waals surface area contributed by atoms with Gasteiger partial charge in [0.2, 0.25) is 15.9 Å². The van der Waals surface area contributed by atoms with Gasteiger partial charge in [-0.2, -0.15) is 0 Å². The topological polar surface area (TPSA) is 75.3 Å². The number of nitrogens with one attached hydrogen (secondary N) is 2. The molecule has 128 valence electrons. The smallest absolute Gasteiger partial charge is 0.230 e. The van der Waals surface area contributed by atoms with E-state index in [0.29, 0.717) is 5.02 Å². The summed E-state index contributed by atoms with van der Waals surface area (Å²) in [6.45, 7) is 0. The maximum absolute atomic E-state index is 12.2. The van der Waals surface area contributed by atoms with E-state index in [-0.39, 0.29) is 23.7 Å². The fraction of sp³-hybridized carbons (Fsp3) is 0.533. The van der Waals surface area contributed by atoms with Crippen LogP contribution in [0.5, 0.6) is 0 Å². The van der Waals surface area contributed by atoms with E-state index in [1.807, 2.05) is 18.2 Å². The van der Waals surface area contributed by atoms with Gasteiger partial charge in [-0.1, -0.05) is 36.6 Å². The summed E-state index contributed by atoms with van der Waals surface area (Å²) < 4.78 is 25.5. The zero-order chi connectivity index (χ0) is 16.9. The highest BCUT2D eigenvalue weighted by Crippen LogP contribution is 2.26. The molecule has 1 saturated carbocycles. The molecule has 5 nitrogen and oxygen atoms in total. The van der Waals surface area contributed by atoms with Gasteiger partial charge in [-0.15, -0.1) is 11.8 Å². The summed E-state index contributed by atoms with van der Waals surface area (Å²) in [7, 11) is -3.28. The Balaban J connectivity index is 1.88. The third-order valence-electron chi connectivity index (χ3n) is 3.67. The molecule has 8 heteroatoms.